The lowest BCUT2D eigenvalue weighted by molar-refractivity contribution is 0.407. The van der Waals surface area contributed by atoms with Crippen molar-refractivity contribution < 1.29 is 5.11 Å². The van der Waals surface area contributed by atoms with Gasteiger partial charge in [-0.25, -0.2) is 4.68 Å². The summed E-state index contributed by atoms with van der Waals surface area (Å²) in [5.41, 5.74) is 1.96. The minimum absolute atomic E-state index is 0.324. The second kappa shape index (κ2) is 4.49. The lowest BCUT2D eigenvalue weighted by atomic mass is 9.97. The first-order valence-corrected chi connectivity index (χ1v) is 5.27. The van der Waals surface area contributed by atoms with Crippen LogP contribution in [-0.2, 0) is 13.5 Å². The van der Waals surface area contributed by atoms with Crippen LogP contribution in [0.4, 0.5) is 0 Å². The zero-order valence-corrected chi connectivity index (χ0v) is 9.54. The summed E-state index contributed by atoms with van der Waals surface area (Å²) < 4.78 is 1.54. The number of hydrogen-bond acceptors (Lipinski definition) is 2. The van der Waals surface area contributed by atoms with Gasteiger partial charge in [0.2, 0.25) is 5.88 Å². The number of aromatic hydroxyl groups is 1. The number of hydrogen-bond donors (Lipinski definition) is 1. The first-order chi connectivity index (χ1) is 6.56. The van der Waals surface area contributed by atoms with E-state index in [1.165, 1.54) is 12.8 Å². The Hall–Kier alpha value is -0.990. The van der Waals surface area contributed by atoms with E-state index in [-0.39, 0.29) is 0 Å². The molecule has 0 aliphatic rings. The molecular weight excluding hydrogens is 176 g/mol. The first-order valence-electron chi connectivity index (χ1n) is 5.27. The molecule has 0 saturated heterocycles. The Morgan fingerprint density at radius 1 is 1.50 bits per heavy atom. The van der Waals surface area contributed by atoms with Gasteiger partial charge in [-0.1, -0.05) is 26.7 Å². The lowest BCUT2D eigenvalue weighted by Gasteiger charge is -2.09. The summed E-state index contributed by atoms with van der Waals surface area (Å²) in [6.07, 6.45) is 3.33. The number of nitrogens with zero attached hydrogens (tertiary/aromatic N) is 2. The van der Waals surface area contributed by atoms with Gasteiger partial charge in [-0.3, -0.25) is 0 Å². The van der Waals surface area contributed by atoms with E-state index in [1.54, 1.807) is 11.7 Å². The smallest absolute Gasteiger partial charge is 0.212 e. The van der Waals surface area contributed by atoms with Crippen molar-refractivity contribution in [1.29, 1.82) is 0 Å². The van der Waals surface area contributed by atoms with E-state index in [9.17, 15) is 5.11 Å². The lowest BCUT2D eigenvalue weighted by Crippen LogP contribution is -2.00. The van der Waals surface area contributed by atoms with Gasteiger partial charge in [-0.15, -0.1) is 0 Å². The van der Waals surface area contributed by atoms with Gasteiger partial charge in [0.15, 0.2) is 0 Å². The largest absolute Gasteiger partial charge is 0.493 e. The monoisotopic (exact) mass is 196 g/mol. The molecule has 0 radical (unpaired) electrons. The predicted octanol–water partition coefficient (Wildman–Crippen LogP) is 2.41. The van der Waals surface area contributed by atoms with E-state index in [0.717, 1.165) is 17.7 Å². The van der Waals surface area contributed by atoms with Crippen LogP contribution in [0.1, 0.15) is 37.9 Å². The maximum absolute atomic E-state index is 9.74. The molecule has 0 aliphatic heterocycles. The van der Waals surface area contributed by atoms with E-state index < -0.39 is 0 Å². The van der Waals surface area contributed by atoms with E-state index in [1.807, 2.05) is 6.92 Å². The second-order valence-corrected chi connectivity index (χ2v) is 4.11. The van der Waals surface area contributed by atoms with Crippen LogP contribution in [-0.4, -0.2) is 14.9 Å². The molecule has 0 aliphatic carbocycles. The average Bonchev–Trinajstić information content (AvgIpc) is 2.33. The number of aromatic nitrogens is 2. The van der Waals surface area contributed by atoms with E-state index in [4.69, 9.17) is 0 Å². The molecule has 1 aromatic rings. The minimum Gasteiger partial charge on any atom is -0.493 e. The standard InChI is InChI=1S/C11H20N2O/c1-5-6-8(2)7-10-9(3)12-13(4)11(10)14/h8,14H,5-7H2,1-4H3. The minimum atomic E-state index is 0.324. The molecule has 0 aromatic carbocycles. The molecule has 3 nitrogen and oxygen atoms in total. The maximum Gasteiger partial charge on any atom is 0.212 e. The highest BCUT2D eigenvalue weighted by Crippen LogP contribution is 2.24. The summed E-state index contributed by atoms with van der Waals surface area (Å²) in [5.74, 6) is 0.944. The third-order valence-corrected chi connectivity index (χ3v) is 2.65. The number of rotatable bonds is 4. The fourth-order valence-electron chi connectivity index (χ4n) is 1.87. The van der Waals surface area contributed by atoms with E-state index in [2.05, 4.69) is 18.9 Å². The molecular formula is C11H20N2O. The molecule has 0 fully saturated rings. The number of aryl methyl sites for hydroxylation is 2. The van der Waals surface area contributed by atoms with Crippen molar-refractivity contribution >= 4 is 0 Å². The van der Waals surface area contributed by atoms with E-state index in [0.29, 0.717) is 11.8 Å². The molecule has 1 unspecified atom stereocenters. The Kier molecular flexibility index (Phi) is 3.55. The van der Waals surface area contributed by atoms with Crippen LogP contribution < -0.4 is 0 Å². The van der Waals surface area contributed by atoms with Gasteiger partial charge in [0.25, 0.3) is 0 Å². The van der Waals surface area contributed by atoms with Crippen molar-refractivity contribution in [3.05, 3.63) is 11.3 Å². The molecule has 80 valence electrons. The topological polar surface area (TPSA) is 38.0 Å². The maximum atomic E-state index is 9.74. The Bertz CT molecular complexity index is 304. The van der Waals surface area contributed by atoms with Crippen molar-refractivity contribution in [3.8, 4) is 5.88 Å². The van der Waals surface area contributed by atoms with Gasteiger partial charge in [0.05, 0.1) is 5.69 Å². The summed E-state index contributed by atoms with van der Waals surface area (Å²) in [6.45, 7) is 6.36. The second-order valence-electron chi connectivity index (χ2n) is 4.11. The first kappa shape index (κ1) is 11.1. The summed E-state index contributed by atoms with van der Waals surface area (Å²) in [7, 11) is 1.77. The third kappa shape index (κ3) is 2.28. The highest BCUT2D eigenvalue weighted by molar-refractivity contribution is 5.29. The third-order valence-electron chi connectivity index (χ3n) is 2.65. The summed E-state index contributed by atoms with van der Waals surface area (Å²) in [4.78, 5) is 0. The van der Waals surface area contributed by atoms with Gasteiger partial charge >= 0.3 is 0 Å². The van der Waals surface area contributed by atoms with Crippen LogP contribution in [0.5, 0.6) is 5.88 Å². The van der Waals surface area contributed by atoms with Crippen LogP contribution in [0.2, 0.25) is 0 Å². The normalized spacial score (nSPS) is 13.1. The molecule has 0 saturated carbocycles. The molecule has 0 bridgehead atoms. The van der Waals surface area contributed by atoms with Crippen molar-refractivity contribution in [2.24, 2.45) is 13.0 Å². The van der Waals surface area contributed by atoms with Gasteiger partial charge in [0, 0.05) is 12.6 Å². The highest BCUT2D eigenvalue weighted by Gasteiger charge is 2.14. The van der Waals surface area contributed by atoms with E-state index >= 15 is 0 Å². The highest BCUT2D eigenvalue weighted by atomic mass is 16.3. The van der Waals surface area contributed by atoms with Crippen LogP contribution in [0.3, 0.4) is 0 Å². The fourth-order valence-corrected chi connectivity index (χ4v) is 1.87. The molecule has 1 heterocycles. The van der Waals surface area contributed by atoms with Crippen molar-refractivity contribution in [1.82, 2.24) is 9.78 Å². The molecule has 1 aromatic heterocycles. The quantitative estimate of drug-likeness (QED) is 0.803. The van der Waals surface area contributed by atoms with Crippen LogP contribution in [0.25, 0.3) is 0 Å². The molecule has 0 spiro atoms. The predicted molar refractivity (Wildman–Crippen MR) is 57.4 cm³/mol. The Balaban J connectivity index is 2.75. The Labute approximate surface area is 85.8 Å². The zero-order valence-electron chi connectivity index (χ0n) is 9.54. The molecule has 1 rings (SSSR count). The van der Waals surface area contributed by atoms with Crippen LogP contribution in [0, 0.1) is 12.8 Å². The van der Waals surface area contributed by atoms with Gasteiger partial charge in [-0.05, 0) is 19.3 Å². The van der Waals surface area contributed by atoms with Crippen molar-refractivity contribution in [3.63, 3.8) is 0 Å². The fraction of sp³-hybridized carbons (Fsp3) is 0.727. The van der Waals surface area contributed by atoms with Gasteiger partial charge in [-0.2, -0.15) is 5.10 Å². The van der Waals surface area contributed by atoms with Crippen molar-refractivity contribution in [2.45, 2.75) is 40.0 Å². The van der Waals surface area contributed by atoms with Gasteiger partial charge < -0.3 is 5.11 Å². The molecule has 14 heavy (non-hydrogen) atoms. The molecule has 0 amide bonds. The summed E-state index contributed by atoms with van der Waals surface area (Å²) in [6, 6.07) is 0. The van der Waals surface area contributed by atoms with Gasteiger partial charge in [0.1, 0.15) is 0 Å². The van der Waals surface area contributed by atoms with Crippen LogP contribution in [0.15, 0.2) is 0 Å². The zero-order chi connectivity index (χ0) is 10.7. The van der Waals surface area contributed by atoms with Crippen LogP contribution >= 0.6 is 0 Å². The molecule has 3 heteroatoms. The molecule has 1 N–H and O–H groups in total. The van der Waals surface area contributed by atoms with Crippen molar-refractivity contribution in [2.75, 3.05) is 0 Å². The Morgan fingerprint density at radius 2 is 2.14 bits per heavy atom. The summed E-state index contributed by atoms with van der Waals surface area (Å²) >= 11 is 0. The average molecular weight is 196 g/mol. The Morgan fingerprint density at radius 3 is 2.57 bits per heavy atom. The molecule has 1 atom stereocenters. The SMILES string of the molecule is CCCC(C)Cc1c(C)nn(C)c1O. The summed E-state index contributed by atoms with van der Waals surface area (Å²) in [5, 5.41) is 13.9.